The average molecular weight is 270 g/mol. The number of hydrogen-bond acceptors (Lipinski definition) is 3. The molecule has 0 saturated heterocycles. The second kappa shape index (κ2) is 6.82. The Morgan fingerprint density at radius 3 is 2.90 bits per heavy atom. The summed E-state index contributed by atoms with van der Waals surface area (Å²) in [6.07, 6.45) is 7.52. The fraction of sp³-hybridized carbons (Fsp3) is 0.471. The first kappa shape index (κ1) is 13.5. The number of pyridine rings is 1. The summed E-state index contributed by atoms with van der Waals surface area (Å²) < 4.78 is 5.85. The summed E-state index contributed by atoms with van der Waals surface area (Å²) in [5, 5.41) is 4.66. The molecular weight excluding hydrogens is 248 g/mol. The first-order valence-corrected chi connectivity index (χ1v) is 7.58. The van der Waals surface area contributed by atoms with Gasteiger partial charge in [-0.25, -0.2) is 0 Å². The van der Waals surface area contributed by atoms with Crippen molar-refractivity contribution in [3.8, 4) is 0 Å². The molecule has 0 aliphatic heterocycles. The second-order valence-electron chi connectivity index (χ2n) is 5.45. The summed E-state index contributed by atoms with van der Waals surface area (Å²) in [4.78, 5) is 4.47. The summed E-state index contributed by atoms with van der Waals surface area (Å²) in [5.74, 6) is 0. The van der Waals surface area contributed by atoms with Gasteiger partial charge in [-0.1, -0.05) is 37.1 Å². The van der Waals surface area contributed by atoms with Crippen molar-refractivity contribution in [3.63, 3.8) is 0 Å². The quantitative estimate of drug-likeness (QED) is 0.818. The molecule has 0 radical (unpaired) electrons. The maximum atomic E-state index is 5.85. The number of ether oxygens (including phenoxy) is 1. The van der Waals surface area contributed by atoms with Gasteiger partial charge in [-0.2, -0.15) is 0 Å². The monoisotopic (exact) mass is 270 g/mol. The van der Waals surface area contributed by atoms with Crippen molar-refractivity contribution >= 4 is 10.9 Å². The Kier molecular flexibility index (Phi) is 4.61. The van der Waals surface area contributed by atoms with Gasteiger partial charge in [0, 0.05) is 24.7 Å². The van der Waals surface area contributed by atoms with Crippen LogP contribution in [0.3, 0.4) is 0 Å². The zero-order valence-corrected chi connectivity index (χ0v) is 11.8. The van der Waals surface area contributed by atoms with Crippen molar-refractivity contribution < 1.29 is 4.74 Å². The molecule has 2 aromatic rings. The summed E-state index contributed by atoms with van der Waals surface area (Å²) >= 11 is 0. The van der Waals surface area contributed by atoms with E-state index in [0.717, 1.165) is 25.2 Å². The van der Waals surface area contributed by atoms with Crippen LogP contribution in [-0.4, -0.2) is 24.2 Å². The van der Waals surface area contributed by atoms with Gasteiger partial charge in [0.05, 0.1) is 18.2 Å². The lowest BCUT2D eigenvalue weighted by Gasteiger charge is -2.12. The molecule has 3 rings (SSSR count). The van der Waals surface area contributed by atoms with Crippen molar-refractivity contribution in [1.29, 1.82) is 0 Å². The van der Waals surface area contributed by atoms with E-state index in [1.54, 1.807) is 0 Å². The molecule has 0 unspecified atom stereocenters. The molecule has 1 N–H and O–H groups in total. The minimum atomic E-state index is 0.510. The Balaban J connectivity index is 1.47. The summed E-state index contributed by atoms with van der Waals surface area (Å²) in [6.45, 7) is 2.56. The Bertz CT molecular complexity index is 544. The van der Waals surface area contributed by atoms with Gasteiger partial charge in [-0.15, -0.1) is 0 Å². The average Bonchev–Trinajstić information content (AvgIpc) is 3.00. The number of nitrogens with one attached hydrogen (secondary N) is 1. The Morgan fingerprint density at radius 2 is 2.00 bits per heavy atom. The number of para-hydroxylation sites is 1. The van der Waals surface area contributed by atoms with Crippen LogP contribution in [0.4, 0.5) is 0 Å². The van der Waals surface area contributed by atoms with E-state index in [-0.39, 0.29) is 0 Å². The lowest BCUT2D eigenvalue weighted by molar-refractivity contribution is 0.0603. The molecule has 1 aromatic heterocycles. The molecule has 0 atom stereocenters. The van der Waals surface area contributed by atoms with Gasteiger partial charge < -0.3 is 10.1 Å². The lowest BCUT2D eigenvalue weighted by Crippen LogP contribution is -2.22. The van der Waals surface area contributed by atoms with E-state index in [0.29, 0.717) is 6.10 Å². The van der Waals surface area contributed by atoms with Crippen LogP contribution < -0.4 is 5.32 Å². The molecule has 1 aliphatic rings. The highest BCUT2D eigenvalue weighted by Gasteiger charge is 2.14. The Labute approximate surface area is 120 Å². The first-order valence-electron chi connectivity index (χ1n) is 7.58. The molecule has 3 nitrogen and oxygen atoms in total. The zero-order chi connectivity index (χ0) is 13.6. The molecule has 106 valence electrons. The maximum Gasteiger partial charge on any atom is 0.0746 e. The van der Waals surface area contributed by atoms with Crippen LogP contribution >= 0.6 is 0 Å². The predicted molar refractivity (Wildman–Crippen MR) is 81.7 cm³/mol. The van der Waals surface area contributed by atoms with Gasteiger partial charge in [-0.3, -0.25) is 4.98 Å². The van der Waals surface area contributed by atoms with Crippen molar-refractivity contribution in [2.75, 3.05) is 13.2 Å². The molecule has 0 spiro atoms. The minimum absolute atomic E-state index is 0.510. The smallest absolute Gasteiger partial charge is 0.0746 e. The minimum Gasteiger partial charge on any atom is -0.377 e. The van der Waals surface area contributed by atoms with Gasteiger partial charge in [0.1, 0.15) is 0 Å². The molecule has 1 saturated carbocycles. The third-order valence-electron chi connectivity index (χ3n) is 3.97. The van der Waals surface area contributed by atoms with Gasteiger partial charge >= 0.3 is 0 Å². The highest BCUT2D eigenvalue weighted by molar-refractivity contribution is 5.81. The molecular formula is C17H22N2O. The van der Waals surface area contributed by atoms with Gasteiger partial charge in [0.2, 0.25) is 0 Å². The Hall–Kier alpha value is -1.45. The van der Waals surface area contributed by atoms with E-state index in [1.165, 1.54) is 36.6 Å². The van der Waals surface area contributed by atoms with Crippen LogP contribution in [0.1, 0.15) is 31.2 Å². The van der Waals surface area contributed by atoms with Crippen LogP contribution in [0.15, 0.2) is 36.5 Å². The molecule has 0 amide bonds. The molecule has 1 fully saturated rings. The topological polar surface area (TPSA) is 34.2 Å². The molecule has 1 aliphatic carbocycles. The van der Waals surface area contributed by atoms with Crippen LogP contribution in [0.5, 0.6) is 0 Å². The van der Waals surface area contributed by atoms with Gasteiger partial charge in [-0.05, 0) is 24.5 Å². The molecule has 3 heteroatoms. The number of hydrogen-bond donors (Lipinski definition) is 1. The van der Waals surface area contributed by atoms with E-state index in [9.17, 15) is 0 Å². The van der Waals surface area contributed by atoms with Crippen LogP contribution in [0.2, 0.25) is 0 Å². The first-order chi connectivity index (χ1) is 9.93. The number of nitrogens with zero attached hydrogens (tertiary/aromatic N) is 1. The number of aromatic nitrogens is 1. The number of benzene rings is 1. The van der Waals surface area contributed by atoms with Crippen LogP contribution in [-0.2, 0) is 11.3 Å². The molecule has 1 aromatic carbocycles. The van der Waals surface area contributed by atoms with E-state index >= 15 is 0 Å². The molecule has 0 bridgehead atoms. The Morgan fingerprint density at radius 1 is 1.15 bits per heavy atom. The second-order valence-corrected chi connectivity index (χ2v) is 5.45. The summed E-state index contributed by atoms with van der Waals surface area (Å²) in [7, 11) is 0. The third-order valence-corrected chi connectivity index (χ3v) is 3.97. The summed E-state index contributed by atoms with van der Waals surface area (Å²) in [6, 6.07) is 10.4. The fourth-order valence-electron chi connectivity index (χ4n) is 2.89. The zero-order valence-electron chi connectivity index (χ0n) is 11.8. The lowest BCUT2D eigenvalue weighted by atomic mass is 10.1. The van der Waals surface area contributed by atoms with Crippen molar-refractivity contribution in [1.82, 2.24) is 10.3 Å². The highest BCUT2D eigenvalue weighted by Crippen LogP contribution is 2.20. The van der Waals surface area contributed by atoms with E-state index in [4.69, 9.17) is 4.74 Å². The van der Waals surface area contributed by atoms with Crippen molar-refractivity contribution in [2.24, 2.45) is 0 Å². The van der Waals surface area contributed by atoms with Gasteiger partial charge in [0.25, 0.3) is 0 Å². The van der Waals surface area contributed by atoms with Crippen LogP contribution in [0.25, 0.3) is 10.9 Å². The number of rotatable bonds is 6. The molecule has 1 heterocycles. The summed E-state index contributed by atoms with van der Waals surface area (Å²) in [5.41, 5.74) is 2.35. The number of fused-ring (bicyclic) bond motifs is 1. The van der Waals surface area contributed by atoms with Crippen molar-refractivity contribution in [2.45, 2.75) is 38.3 Å². The molecule has 20 heavy (non-hydrogen) atoms. The maximum absolute atomic E-state index is 5.85. The third kappa shape index (κ3) is 3.35. The fourth-order valence-corrected chi connectivity index (χ4v) is 2.89. The van der Waals surface area contributed by atoms with E-state index in [1.807, 2.05) is 12.3 Å². The van der Waals surface area contributed by atoms with Crippen molar-refractivity contribution in [3.05, 3.63) is 42.1 Å². The predicted octanol–water partition coefficient (Wildman–Crippen LogP) is 3.28. The van der Waals surface area contributed by atoms with E-state index < -0.39 is 0 Å². The van der Waals surface area contributed by atoms with E-state index in [2.05, 4.69) is 34.6 Å². The largest absolute Gasteiger partial charge is 0.377 e. The SMILES string of the molecule is c1cnc2c(CNCCOC3CCCC3)cccc2c1. The highest BCUT2D eigenvalue weighted by atomic mass is 16.5. The van der Waals surface area contributed by atoms with Gasteiger partial charge in [0.15, 0.2) is 0 Å². The van der Waals surface area contributed by atoms with Crippen LogP contribution in [0, 0.1) is 0 Å². The normalized spacial score (nSPS) is 16.0. The standard InChI is InChI=1S/C17H22N2O/c1-2-9-16(8-1)20-12-11-18-13-15-6-3-5-14-7-4-10-19-17(14)15/h3-7,10,16,18H,1-2,8-9,11-13H2.